The topological polar surface area (TPSA) is 12.4 Å². The molecule has 0 saturated heterocycles. The van der Waals surface area contributed by atoms with Crippen LogP contribution in [0.15, 0.2) is 4.99 Å². The highest BCUT2D eigenvalue weighted by molar-refractivity contribution is 8.13. The van der Waals surface area contributed by atoms with Crippen LogP contribution in [-0.4, -0.2) is 29.9 Å². The van der Waals surface area contributed by atoms with Crippen LogP contribution in [-0.2, 0) is 0 Å². The summed E-state index contributed by atoms with van der Waals surface area (Å²) < 4.78 is 0. The number of rotatable bonds is 3. The average Bonchev–Trinajstić information content (AvgIpc) is 1.89. The zero-order valence-electron chi connectivity index (χ0n) is 6.18. The van der Waals surface area contributed by atoms with Gasteiger partial charge in [0.2, 0.25) is 0 Å². The smallest absolute Gasteiger partial charge is 0.0642 e. The van der Waals surface area contributed by atoms with Crippen molar-refractivity contribution in [3.05, 3.63) is 0 Å². The molecule has 0 saturated carbocycles. The molecule has 0 radical (unpaired) electrons. The zero-order valence-corrected chi connectivity index (χ0v) is 7.81. The van der Waals surface area contributed by atoms with Crippen molar-refractivity contribution in [3.8, 4) is 0 Å². The number of thioether (sulfide) groups is 2. The first-order chi connectivity index (χ1) is 4.31. The Labute approximate surface area is 65.7 Å². The molecule has 3 heteroatoms. The maximum Gasteiger partial charge on any atom is 0.0642 e. The van der Waals surface area contributed by atoms with Gasteiger partial charge in [0, 0.05) is 12.3 Å². The molecule has 0 atom stereocenters. The van der Waals surface area contributed by atoms with E-state index in [1.54, 1.807) is 11.8 Å². The second kappa shape index (κ2) is 6.49. The average molecular weight is 163 g/mol. The van der Waals surface area contributed by atoms with Crippen LogP contribution in [0, 0.1) is 0 Å². The first-order valence-electron chi connectivity index (χ1n) is 2.85. The van der Waals surface area contributed by atoms with Gasteiger partial charge in [-0.05, 0) is 19.4 Å². The lowest BCUT2D eigenvalue weighted by molar-refractivity contribution is 1.15. The second-order valence-electron chi connectivity index (χ2n) is 1.60. The van der Waals surface area contributed by atoms with E-state index in [-0.39, 0.29) is 0 Å². The van der Waals surface area contributed by atoms with Gasteiger partial charge in [-0.25, -0.2) is 0 Å². The Morgan fingerprint density at radius 3 is 2.56 bits per heavy atom. The van der Waals surface area contributed by atoms with Crippen LogP contribution in [0.25, 0.3) is 0 Å². The molecule has 0 fully saturated rings. The van der Waals surface area contributed by atoms with Crippen molar-refractivity contribution in [2.45, 2.75) is 6.92 Å². The molecule has 0 aliphatic heterocycles. The van der Waals surface area contributed by atoms with Gasteiger partial charge in [0.25, 0.3) is 0 Å². The number of hydrogen-bond acceptors (Lipinski definition) is 3. The minimum atomic E-state index is 0.966. The summed E-state index contributed by atoms with van der Waals surface area (Å²) in [4.78, 5) is 4.29. The minimum absolute atomic E-state index is 0.966. The lowest BCUT2D eigenvalue weighted by Gasteiger charge is -1.92. The van der Waals surface area contributed by atoms with E-state index in [9.17, 15) is 0 Å². The third kappa shape index (κ3) is 6.25. The standard InChI is InChI=1S/C6H13NS2/c1-6(9-3)7-4-5-8-2/h4-5H2,1-3H3. The van der Waals surface area contributed by atoms with Crippen molar-refractivity contribution in [2.24, 2.45) is 4.99 Å². The molecule has 54 valence electrons. The van der Waals surface area contributed by atoms with Gasteiger partial charge in [-0.1, -0.05) is 0 Å². The minimum Gasteiger partial charge on any atom is -0.282 e. The predicted molar refractivity (Wildman–Crippen MR) is 49.9 cm³/mol. The highest BCUT2D eigenvalue weighted by Crippen LogP contribution is 1.97. The Morgan fingerprint density at radius 1 is 1.44 bits per heavy atom. The summed E-state index contributed by atoms with van der Waals surface area (Å²) in [6.45, 7) is 3.01. The van der Waals surface area contributed by atoms with Crippen LogP contribution in [0.1, 0.15) is 6.92 Å². The van der Waals surface area contributed by atoms with E-state index in [0.717, 1.165) is 12.3 Å². The molecule has 0 bridgehead atoms. The molecular weight excluding hydrogens is 150 g/mol. The Morgan fingerprint density at radius 2 is 2.11 bits per heavy atom. The molecule has 0 amide bonds. The Hall–Kier alpha value is 0.370. The molecule has 0 unspecified atom stereocenters. The molecule has 0 aromatic heterocycles. The van der Waals surface area contributed by atoms with E-state index in [1.807, 2.05) is 18.7 Å². The van der Waals surface area contributed by atoms with Gasteiger partial charge in [0.1, 0.15) is 0 Å². The summed E-state index contributed by atoms with van der Waals surface area (Å²) >= 11 is 3.55. The van der Waals surface area contributed by atoms with Crippen molar-refractivity contribution >= 4 is 28.6 Å². The van der Waals surface area contributed by atoms with E-state index < -0.39 is 0 Å². The van der Waals surface area contributed by atoms with Gasteiger partial charge in [-0.2, -0.15) is 11.8 Å². The first-order valence-corrected chi connectivity index (χ1v) is 5.47. The fourth-order valence-corrected chi connectivity index (χ4v) is 0.853. The van der Waals surface area contributed by atoms with Gasteiger partial charge in [0.05, 0.1) is 5.04 Å². The first kappa shape index (κ1) is 9.37. The molecule has 0 aliphatic carbocycles. The maximum absolute atomic E-state index is 4.29. The summed E-state index contributed by atoms with van der Waals surface area (Å²) in [6, 6.07) is 0. The SMILES string of the molecule is CSCCN=C(C)SC. The van der Waals surface area contributed by atoms with Gasteiger partial charge in [-0.3, -0.25) is 4.99 Å². The normalized spacial score (nSPS) is 12.1. The van der Waals surface area contributed by atoms with Crippen LogP contribution in [0.3, 0.4) is 0 Å². The molecular formula is C6H13NS2. The largest absolute Gasteiger partial charge is 0.282 e. The van der Waals surface area contributed by atoms with Crippen molar-refractivity contribution in [1.82, 2.24) is 0 Å². The van der Waals surface area contributed by atoms with Crippen LogP contribution >= 0.6 is 23.5 Å². The highest BCUT2D eigenvalue weighted by atomic mass is 32.2. The molecule has 1 nitrogen and oxygen atoms in total. The Bertz CT molecular complexity index is 91.1. The summed E-state index contributed by atoms with van der Waals surface area (Å²) in [7, 11) is 0. The van der Waals surface area contributed by atoms with Crippen molar-refractivity contribution in [1.29, 1.82) is 0 Å². The summed E-state index contributed by atoms with van der Waals surface area (Å²) in [6.07, 6.45) is 4.15. The summed E-state index contributed by atoms with van der Waals surface area (Å²) in [5.74, 6) is 1.14. The molecule has 0 aromatic rings. The fourth-order valence-electron chi connectivity index (χ4n) is 0.359. The van der Waals surface area contributed by atoms with Gasteiger partial charge in [0.15, 0.2) is 0 Å². The van der Waals surface area contributed by atoms with Crippen molar-refractivity contribution in [2.75, 3.05) is 24.8 Å². The highest BCUT2D eigenvalue weighted by Gasteiger charge is 1.83. The Balaban J connectivity index is 3.21. The lowest BCUT2D eigenvalue weighted by Crippen LogP contribution is -1.88. The maximum atomic E-state index is 4.29. The zero-order chi connectivity index (χ0) is 7.11. The van der Waals surface area contributed by atoms with E-state index in [4.69, 9.17) is 0 Å². The lowest BCUT2D eigenvalue weighted by atomic mass is 10.7. The monoisotopic (exact) mass is 163 g/mol. The van der Waals surface area contributed by atoms with Crippen molar-refractivity contribution < 1.29 is 0 Å². The van der Waals surface area contributed by atoms with E-state index >= 15 is 0 Å². The molecule has 0 rings (SSSR count). The van der Waals surface area contributed by atoms with Crippen molar-refractivity contribution in [3.63, 3.8) is 0 Å². The molecule has 0 heterocycles. The van der Waals surface area contributed by atoms with E-state index in [2.05, 4.69) is 17.5 Å². The van der Waals surface area contributed by atoms with Gasteiger partial charge >= 0.3 is 0 Å². The fraction of sp³-hybridized carbons (Fsp3) is 0.833. The molecule has 0 N–H and O–H groups in total. The van der Waals surface area contributed by atoms with E-state index in [0.29, 0.717) is 0 Å². The molecule has 0 aromatic carbocycles. The van der Waals surface area contributed by atoms with Gasteiger partial charge < -0.3 is 0 Å². The molecule has 0 aliphatic rings. The summed E-state index contributed by atoms with van der Waals surface area (Å²) in [5.41, 5.74) is 0. The summed E-state index contributed by atoms with van der Waals surface area (Å²) in [5, 5.41) is 1.18. The number of hydrogen-bond donors (Lipinski definition) is 0. The predicted octanol–water partition coefficient (Wildman–Crippen LogP) is 2.13. The van der Waals surface area contributed by atoms with Gasteiger partial charge in [-0.15, -0.1) is 11.8 Å². The van der Waals surface area contributed by atoms with Crippen LogP contribution < -0.4 is 0 Å². The number of aliphatic imine (C=N–C) groups is 1. The van der Waals surface area contributed by atoms with Crippen LogP contribution in [0.2, 0.25) is 0 Å². The molecule has 0 spiro atoms. The third-order valence-corrected chi connectivity index (χ3v) is 2.24. The van der Waals surface area contributed by atoms with Crippen LogP contribution in [0.5, 0.6) is 0 Å². The second-order valence-corrected chi connectivity index (χ2v) is 3.58. The third-order valence-electron chi connectivity index (χ3n) is 0.925. The number of nitrogens with zero attached hydrogens (tertiary/aromatic N) is 1. The van der Waals surface area contributed by atoms with E-state index in [1.165, 1.54) is 5.04 Å². The van der Waals surface area contributed by atoms with Crippen LogP contribution in [0.4, 0.5) is 0 Å². The quantitative estimate of drug-likeness (QED) is 0.359. The molecule has 9 heavy (non-hydrogen) atoms. The Kier molecular flexibility index (Phi) is 6.76.